The molecule has 6 heteroatoms. The third-order valence-corrected chi connectivity index (χ3v) is 6.93. The van der Waals surface area contributed by atoms with Crippen LogP contribution in [0.5, 0.6) is 5.75 Å². The van der Waals surface area contributed by atoms with Crippen LogP contribution in [-0.2, 0) is 0 Å². The molecule has 2 aromatic carbocycles. The normalized spacial score (nSPS) is 15.0. The number of hydrogen-bond acceptors (Lipinski definition) is 3. The summed E-state index contributed by atoms with van der Waals surface area (Å²) in [6.45, 7) is 10.0. The monoisotopic (exact) mass is 473 g/mol. The first-order valence-electron chi connectivity index (χ1n) is 12.5. The van der Waals surface area contributed by atoms with E-state index in [1.165, 1.54) is 5.56 Å². The lowest BCUT2D eigenvalue weighted by Gasteiger charge is -2.32. The largest absolute Gasteiger partial charge is 0.494 e. The lowest BCUT2D eigenvalue weighted by molar-refractivity contribution is 0.0698. The van der Waals surface area contributed by atoms with Crippen LogP contribution < -0.4 is 10.1 Å². The third-order valence-electron chi connectivity index (χ3n) is 6.93. The number of amides is 2. The number of carbonyl (C=O) groups is 2. The average Bonchev–Trinajstić information content (AvgIpc) is 3.18. The van der Waals surface area contributed by atoms with Crippen molar-refractivity contribution in [3.8, 4) is 5.75 Å². The fourth-order valence-electron chi connectivity index (χ4n) is 5.02. The topological polar surface area (TPSA) is 63.6 Å². The summed E-state index contributed by atoms with van der Waals surface area (Å²) in [4.78, 5) is 27.9. The van der Waals surface area contributed by atoms with Crippen LogP contribution in [-0.4, -0.2) is 47.0 Å². The molecule has 6 nitrogen and oxygen atoms in total. The SMILES string of the molecule is CCOc1ccc(C(=O)N2CCC(NC(=O)c3cc(C)n(C(C)c4ccccc4)c3C)CC2)cc1. The maximum atomic E-state index is 13.2. The molecule has 0 aliphatic carbocycles. The second kappa shape index (κ2) is 10.8. The first-order valence-corrected chi connectivity index (χ1v) is 12.5. The number of nitrogens with one attached hydrogen (secondary N) is 1. The van der Waals surface area contributed by atoms with Gasteiger partial charge in [-0.15, -0.1) is 0 Å². The molecule has 1 atom stereocenters. The van der Waals surface area contributed by atoms with E-state index in [4.69, 9.17) is 4.74 Å². The van der Waals surface area contributed by atoms with Crippen LogP contribution in [0.25, 0.3) is 0 Å². The molecule has 2 amide bonds. The van der Waals surface area contributed by atoms with Crippen molar-refractivity contribution in [1.82, 2.24) is 14.8 Å². The van der Waals surface area contributed by atoms with Crippen LogP contribution in [0, 0.1) is 13.8 Å². The minimum absolute atomic E-state index is 0.0243. The van der Waals surface area contributed by atoms with Crippen LogP contribution in [0.15, 0.2) is 60.7 Å². The van der Waals surface area contributed by atoms with Crippen molar-refractivity contribution in [3.63, 3.8) is 0 Å². The van der Waals surface area contributed by atoms with Crippen molar-refractivity contribution in [1.29, 1.82) is 0 Å². The van der Waals surface area contributed by atoms with Crippen LogP contribution in [0.4, 0.5) is 0 Å². The Hall–Kier alpha value is -3.54. The van der Waals surface area contributed by atoms with E-state index >= 15 is 0 Å². The summed E-state index contributed by atoms with van der Waals surface area (Å²) in [5.41, 5.74) is 4.64. The molecule has 1 N–H and O–H groups in total. The number of likely N-dealkylation sites (tertiary alicyclic amines) is 1. The second-order valence-electron chi connectivity index (χ2n) is 9.24. The zero-order valence-electron chi connectivity index (χ0n) is 21.1. The Morgan fingerprint density at radius 2 is 1.69 bits per heavy atom. The second-order valence-corrected chi connectivity index (χ2v) is 9.24. The summed E-state index contributed by atoms with van der Waals surface area (Å²) in [5, 5.41) is 3.21. The Labute approximate surface area is 207 Å². The fraction of sp³-hybridized carbons (Fsp3) is 0.379. The highest BCUT2D eigenvalue weighted by Crippen LogP contribution is 2.26. The van der Waals surface area contributed by atoms with Crippen LogP contribution >= 0.6 is 0 Å². The summed E-state index contributed by atoms with van der Waals surface area (Å²) in [6.07, 6.45) is 1.49. The fourth-order valence-corrected chi connectivity index (χ4v) is 5.02. The van der Waals surface area contributed by atoms with Gasteiger partial charge < -0.3 is 19.5 Å². The van der Waals surface area contributed by atoms with Gasteiger partial charge in [0.25, 0.3) is 11.8 Å². The van der Waals surface area contributed by atoms with E-state index in [0.29, 0.717) is 25.3 Å². The van der Waals surface area contributed by atoms with Gasteiger partial charge in [0.15, 0.2) is 0 Å². The van der Waals surface area contributed by atoms with E-state index in [1.54, 1.807) is 0 Å². The van der Waals surface area contributed by atoms with Gasteiger partial charge in [0, 0.05) is 36.1 Å². The highest BCUT2D eigenvalue weighted by molar-refractivity contribution is 5.96. The lowest BCUT2D eigenvalue weighted by Crippen LogP contribution is -2.46. The van der Waals surface area contributed by atoms with E-state index in [2.05, 4.69) is 28.9 Å². The van der Waals surface area contributed by atoms with Gasteiger partial charge in [-0.05, 0) is 76.4 Å². The minimum Gasteiger partial charge on any atom is -0.494 e. The number of benzene rings is 2. The van der Waals surface area contributed by atoms with Gasteiger partial charge in [-0.2, -0.15) is 0 Å². The Morgan fingerprint density at radius 1 is 1.03 bits per heavy atom. The van der Waals surface area contributed by atoms with Crippen LogP contribution in [0.3, 0.4) is 0 Å². The van der Waals surface area contributed by atoms with Crippen molar-refractivity contribution in [2.45, 2.75) is 52.6 Å². The molecule has 0 saturated carbocycles. The Morgan fingerprint density at radius 3 is 2.31 bits per heavy atom. The number of carbonyl (C=O) groups excluding carboxylic acids is 2. The highest BCUT2D eigenvalue weighted by atomic mass is 16.5. The first-order chi connectivity index (χ1) is 16.9. The zero-order valence-corrected chi connectivity index (χ0v) is 21.1. The summed E-state index contributed by atoms with van der Waals surface area (Å²) < 4.78 is 7.68. The Kier molecular flexibility index (Phi) is 7.59. The molecule has 1 fully saturated rings. The molecule has 0 spiro atoms. The molecule has 0 bridgehead atoms. The van der Waals surface area contributed by atoms with Gasteiger partial charge in [0.05, 0.1) is 18.2 Å². The van der Waals surface area contributed by atoms with Gasteiger partial charge >= 0.3 is 0 Å². The van der Waals surface area contributed by atoms with Crippen molar-refractivity contribution in [2.75, 3.05) is 19.7 Å². The van der Waals surface area contributed by atoms with Crippen LogP contribution in [0.2, 0.25) is 0 Å². The molecular formula is C29H35N3O3. The molecule has 3 aromatic rings. The summed E-state index contributed by atoms with van der Waals surface area (Å²) >= 11 is 0. The van der Waals surface area contributed by atoms with Crippen molar-refractivity contribution >= 4 is 11.8 Å². The predicted molar refractivity (Wildman–Crippen MR) is 138 cm³/mol. The Balaban J connectivity index is 1.36. The van der Waals surface area contributed by atoms with Crippen molar-refractivity contribution in [2.24, 2.45) is 0 Å². The van der Waals surface area contributed by atoms with E-state index in [0.717, 1.165) is 35.5 Å². The maximum absolute atomic E-state index is 13.2. The van der Waals surface area contributed by atoms with Crippen molar-refractivity contribution < 1.29 is 14.3 Å². The molecule has 0 radical (unpaired) electrons. The minimum atomic E-state index is -0.0408. The number of piperidine rings is 1. The molecule has 1 unspecified atom stereocenters. The third kappa shape index (κ3) is 5.42. The molecule has 1 aliphatic heterocycles. The zero-order chi connectivity index (χ0) is 24.9. The standard InChI is InChI=1S/C29H35N3O3/c1-5-35-26-13-11-24(12-14-26)29(34)31-17-15-25(16-18-31)30-28(33)27-19-20(2)32(22(27)4)21(3)23-9-7-6-8-10-23/h6-14,19,21,25H,5,15-18H2,1-4H3,(H,30,33). The van der Waals surface area contributed by atoms with Crippen LogP contribution in [0.1, 0.15) is 70.4 Å². The van der Waals surface area contributed by atoms with E-state index in [-0.39, 0.29) is 23.9 Å². The molecular weight excluding hydrogens is 438 g/mol. The quantitative estimate of drug-likeness (QED) is 0.516. The maximum Gasteiger partial charge on any atom is 0.253 e. The predicted octanol–water partition coefficient (Wildman–Crippen LogP) is 5.15. The molecule has 4 rings (SSSR count). The number of rotatable bonds is 7. The van der Waals surface area contributed by atoms with Gasteiger partial charge in [-0.3, -0.25) is 9.59 Å². The number of ether oxygens (including phenoxy) is 1. The Bertz CT molecular complexity index is 1160. The molecule has 2 heterocycles. The lowest BCUT2D eigenvalue weighted by atomic mass is 10.0. The van der Waals surface area contributed by atoms with Gasteiger partial charge in [-0.1, -0.05) is 30.3 Å². The molecule has 1 aliphatic rings. The molecule has 184 valence electrons. The van der Waals surface area contributed by atoms with E-state index in [1.807, 2.05) is 74.2 Å². The van der Waals surface area contributed by atoms with Gasteiger partial charge in [0.1, 0.15) is 5.75 Å². The number of aryl methyl sites for hydroxylation is 1. The smallest absolute Gasteiger partial charge is 0.253 e. The first kappa shape index (κ1) is 24.6. The summed E-state index contributed by atoms with van der Waals surface area (Å²) in [5.74, 6) is 0.750. The molecule has 1 aromatic heterocycles. The van der Waals surface area contributed by atoms with Crippen molar-refractivity contribution in [3.05, 3.63) is 88.7 Å². The molecule has 1 saturated heterocycles. The highest BCUT2D eigenvalue weighted by Gasteiger charge is 2.26. The summed E-state index contributed by atoms with van der Waals surface area (Å²) in [6, 6.07) is 19.8. The number of hydrogen-bond donors (Lipinski definition) is 1. The number of aromatic nitrogens is 1. The number of nitrogens with zero attached hydrogens (tertiary/aromatic N) is 2. The average molecular weight is 474 g/mol. The summed E-state index contributed by atoms with van der Waals surface area (Å²) in [7, 11) is 0. The van der Waals surface area contributed by atoms with Gasteiger partial charge in [0.2, 0.25) is 0 Å². The van der Waals surface area contributed by atoms with Gasteiger partial charge in [-0.25, -0.2) is 0 Å². The van der Waals surface area contributed by atoms with E-state index in [9.17, 15) is 9.59 Å². The molecule has 35 heavy (non-hydrogen) atoms. The van der Waals surface area contributed by atoms with E-state index < -0.39 is 0 Å².